The van der Waals surface area contributed by atoms with Crippen molar-refractivity contribution in [1.82, 2.24) is 0 Å². The first kappa shape index (κ1) is 16.3. The van der Waals surface area contributed by atoms with Crippen molar-refractivity contribution in [3.63, 3.8) is 0 Å². The molecule has 2 aromatic rings. The number of carbonyl (C=O) groups is 1. The number of carbonyl (C=O) groups excluding carboxylic acids is 1. The Morgan fingerprint density at radius 3 is 1.86 bits per heavy atom. The average Bonchev–Trinajstić information content (AvgIpc) is 2.54. The Morgan fingerprint density at radius 1 is 0.909 bits per heavy atom. The summed E-state index contributed by atoms with van der Waals surface area (Å²) in [5.74, 6) is 0.686. The zero-order valence-corrected chi connectivity index (χ0v) is 13.8. The largest absolute Gasteiger partial charge is 0.465 e. The van der Waals surface area contributed by atoms with Crippen LogP contribution in [0, 0.1) is 5.92 Å². The first-order valence-corrected chi connectivity index (χ1v) is 7.78. The lowest BCUT2D eigenvalue weighted by molar-refractivity contribution is 0.0600. The maximum atomic E-state index is 11.5. The summed E-state index contributed by atoms with van der Waals surface area (Å²) in [5.41, 5.74) is 4.46. The van der Waals surface area contributed by atoms with Gasteiger partial charge >= 0.3 is 5.97 Å². The molecule has 0 bridgehead atoms. The molecule has 2 heteroatoms. The highest BCUT2D eigenvalue weighted by Gasteiger charge is 2.10. The number of esters is 1. The van der Waals surface area contributed by atoms with E-state index in [4.69, 9.17) is 4.74 Å². The number of hydrogen-bond donors (Lipinski definition) is 0. The van der Waals surface area contributed by atoms with E-state index in [1.807, 2.05) is 24.3 Å². The summed E-state index contributed by atoms with van der Waals surface area (Å²) < 4.78 is 4.73. The lowest BCUT2D eigenvalue weighted by atomic mass is 9.91. The van der Waals surface area contributed by atoms with Gasteiger partial charge in [0.25, 0.3) is 0 Å². The van der Waals surface area contributed by atoms with Crippen molar-refractivity contribution >= 4 is 5.97 Å². The molecule has 0 amide bonds. The van der Waals surface area contributed by atoms with Crippen LogP contribution >= 0.6 is 0 Å². The number of methoxy groups -OCH3 is 1. The van der Waals surface area contributed by atoms with E-state index in [9.17, 15) is 4.79 Å². The van der Waals surface area contributed by atoms with Gasteiger partial charge in [0.2, 0.25) is 0 Å². The third-order valence-electron chi connectivity index (χ3n) is 3.96. The standard InChI is InChI=1S/C20H24O2/c1-14(2)13-16-5-7-17(8-6-16)15(3)18-9-11-19(12-10-18)20(21)22-4/h5-12,14-15H,13H2,1-4H3. The second kappa shape index (κ2) is 7.26. The molecular formula is C20H24O2. The molecule has 0 N–H and O–H groups in total. The fourth-order valence-corrected chi connectivity index (χ4v) is 2.63. The monoisotopic (exact) mass is 296 g/mol. The Labute approximate surface area is 133 Å². The summed E-state index contributed by atoms with van der Waals surface area (Å²) in [6, 6.07) is 16.5. The first-order valence-electron chi connectivity index (χ1n) is 7.78. The van der Waals surface area contributed by atoms with Crippen molar-refractivity contribution in [3.05, 3.63) is 70.8 Å². The number of benzene rings is 2. The van der Waals surface area contributed by atoms with Crippen LogP contribution in [0.4, 0.5) is 0 Å². The Hall–Kier alpha value is -2.09. The molecule has 116 valence electrons. The molecule has 0 radical (unpaired) electrons. The van der Waals surface area contributed by atoms with E-state index < -0.39 is 0 Å². The van der Waals surface area contributed by atoms with Crippen LogP contribution in [-0.4, -0.2) is 13.1 Å². The van der Waals surface area contributed by atoms with Gasteiger partial charge in [-0.2, -0.15) is 0 Å². The van der Waals surface area contributed by atoms with Gasteiger partial charge in [0, 0.05) is 5.92 Å². The molecule has 0 saturated carbocycles. The predicted molar refractivity (Wildman–Crippen MR) is 90.3 cm³/mol. The van der Waals surface area contributed by atoms with Crippen molar-refractivity contribution < 1.29 is 9.53 Å². The molecule has 2 rings (SSSR count). The van der Waals surface area contributed by atoms with Crippen molar-refractivity contribution in [2.45, 2.75) is 33.1 Å². The van der Waals surface area contributed by atoms with E-state index in [-0.39, 0.29) is 5.97 Å². The third kappa shape index (κ3) is 3.97. The summed E-state index contributed by atoms with van der Waals surface area (Å²) in [7, 11) is 1.40. The molecule has 0 fully saturated rings. The number of hydrogen-bond acceptors (Lipinski definition) is 2. The van der Waals surface area contributed by atoms with Gasteiger partial charge in [-0.3, -0.25) is 0 Å². The zero-order chi connectivity index (χ0) is 16.1. The van der Waals surface area contributed by atoms with Crippen molar-refractivity contribution in [1.29, 1.82) is 0 Å². The minimum atomic E-state index is -0.294. The Balaban J connectivity index is 2.13. The predicted octanol–water partition coefficient (Wildman–Crippen LogP) is 4.82. The van der Waals surface area contributed by atoms with Gasteiger partial charge in [0.15, 0.2) is 0 Å². The van der Waals surface area contributed by atoms with Crippen LogP contribution in [0.3, 0.4) is 0 Å². The van der Waals surface area contributed by atoms with E-state index in [1.54, 1.807) is 0 Å². The van der Waals surface area contributed by atoms with Gasteiger partial charge in [-0.05, 0) is 41.2 Å². The molecule has 1 atom stereocenters. The second-order valence-corrected chi connectivity index (χ2v) is 6.17. The maximum absolute atomic E-state index is 11.5. The molecule has 0 aromatic heterocycles. The maximum Gasteiger partial charge on any atom is 0.337 e. The molecule has 0 aliphatic heterocycles. The third-order valence-corrected chi connectivity index (χ3v) is 3.96. The molecule has 22 heavy (non-hydrogen) atoms. The van der Waals surface area contributed by atoms with Crippen LogP contribution in [0.15, 0.2) is 48.5 Å². The normalized spacial score (nSPS) is 12.2. The highest BCUT2D eigenvalue weighted by Crippen LogP contribution is 2.25. The van der Waals surface area contributed by atoms with Gasteiger partial charge in [-0.15, -0.1) is 0 Å². The van der Waals surface area contributed by atoms with E-state index in [0.717, 1.165) is 6.42 Å². The molecular weight excluding hydrogens is 272 g/mol. The van der Waals surface area contributed by atoms with E-state index in [1.165, 1.54) is 23.8 Å². The summed E-state index contributed by atoms with van der Waals surface area (Å²) >= 11 is 0. The minimum Gasteiger partial charge on any atom is -0.465 e. The van der Waals surface area contributed by atoms with Gasteiger partial charge in [-0.25, -0.2) is 4.79 Å². The lowest BCUT2D eigenvalue weighted by Crippen LogP contribution is -2.02. The lowest BCUT2D eigenvalue weighted by Gasteiger charge is -2.14. The molecule has 0 heterocycles. The van der Waals surface area contributed by atoms with E-state index in [2.05, 4.69) is 45.0 Å². The van der Waals surface area contributed by atoms with Crippen molar-refractivity contribution in [3.8, 4) is 0 Å². The van der Waals surface area contributed by atoms with Crippen LogP contribution < -0.4 is 0 Å². The van der Waals surface area contributed by atoms with Crippen LogP contribution in [0.5, 0.6) is 0 Å². The minimum absolute atomic E-state index is 0.294. The smallest absolute Gasteiger partial charge is 0.337 e. The molecule has 0 aliphatic carbocycles. The van der Waals surface area contributed by atoms with Gasteiger partial charge in [-0.1, -0.05) is 57.2 Å². The highest BCUT2D eigenvalue weighted by molar-refractivity contribution is 5.89. The van der Waals surface area contributed by atoms with Crippen molar-refractivity contribution in [2.24, 2.45) is 5.92 Å². The molecule has 0 spiro atoms. The quantitative estimate of drug-likeness (QED) is 0.739. The molecule has 2 aromatic carbocycles. The van der Waals surface area contributed by atoms with E-state index >= 15 is 0 Å². The van der Waals surface area contributed by atoms with Crippen molar-refractivity contribution in [2.75, 3.05) is 7.11 Å². The topological polar surface area (TPSA) is 26.3 Å². The van der Waals surface area contributed by atoms with Crippen LogP contribution in [0.2, 0.25) is 0 Å². The SMILES string of the molecule is COC(=O)c1ccc(C(C)c2ccc(CC(C)C)cc2)cc1. The molecule has 0 aliphatic rings. The summed E-state index contributed by atoms with van der Waals surface area (Å²) in [6.07, 6.45) is 1.11. The van der Waals surface area contributed by atoms with E-state index in [0.29, 0.717) is 17.4 Å². The molecule has 2 nitrogen and oxygen atoms in total. The second-order valence-electron chi connectivity index (χ2n) is 6.17. The summed E-state index contributed by atoms with van der Waals surface area (Å²) in [6.45, 7) is 6.66. The zero-order valence-electron chi connectivity index (χ0n) is 13.8. The van der Waals surface area contributed by atoms with Gasteiger partial charge < -0.3 is 4.74 Å². The van der Waals surface area contributed by atoms with Gasteiger partial charge in [0.1, 0.15) is 0 Å². The Bertz CT molecular complexity index is 609. The fourth-order valence-electron chi connectivity index (χ4n) is 2.63. The number of rotatable bonds is 5. The average molecular weight is 296 g/mol. The molecule has 1 unspecified atom stereocenters. The number of ether oxygens (including phenoxy) is 1. The van der Waals surface area contributed by atoms with Crippen LogP contribution in [-0.2, 0) is 11.2 Å². The molecule has 0 saturated heterocycles. The van der Waals surface area contributed by atoms with Gasteiger partial charge in [0.05, 0.1) is 12.7 Å². The van der Waals surface area contributed by atoms with Crippen LogP contribution in [0.1, 0.15) is 53.7 Å². The van der Waals surface area contributed by atoms with Crippen LogP contribution in [0.25, 0.3) is 0 Å². The summed E-state index contributed by atoms with van der Waals surface area (Å²) in [4.78, 5) is 11.5. The Morgan fingerprint density at radius 2 is 1.41 bits per heavy atom. The highest BCUT2D eigenvalue weighted by atomic mass is 16.5. The summed E-state index contributed by atoms with van der Waals surface area (Å²) in [5, 5.41) is 0. The first-order chi connectivity index (χ1) is 10.5. The Kier molecular flexibility index (Phi) is 5.37. The fraction of sp³-hybridized carbons (Fsp3) is 0.350.